The van der Waals surface area contributed by atoms with Gasteiger partial charge in [0.15, 0.2) is 0 Å². The number of fused-ring (bicyclic) bond motifs is 1. The van der Waals surface area contributed by atoms with Crippen LogP contribution in [-0.4, -0.2) is 10.9 Å². The molecular weight excluding hydrogens is 269 g/mol. The van der Waals surface area contributed by atoms with Crippen LogP contribution in [-0.2, 0) is 0 Å². The van der Waals surface area contributed by atoms with Crippen LogP contribution >= 0.6 is 0 Å². The number of nitriles is 1. The molecule has 4 nitrogen and oxygen atoms in total. The predicted octanol–water partition coefficient (Wildman–Crippen LogP) is 3.43. The summed E-state index contributed by atoms with van der Waals surface area (Å²) in [6.45, 7) is 0. The number of benzene rings is 2. The molecule has 0 saturated heterocycles. The lowest BCUT2D eigenvalue weighted by molar-refractivity contribution is 0.102. The molecule has 3 aromatic rings. The molecule has 1 amide bonds. The topological polar surface area (TPSA) is 68.7 Å². The first-order valence-electron chi connectivity index (χ1n) is 6.26. The Kier molecular flexibility index (Phi) is 3.13. The second-order valence-corrected chi connectivity index (χ2v) is 4.53. The molecule has 0 bridgehead atoms. The van der Waals surface area contributed by atoms with E-state index in [9.17, 15) is 9.18 Å². The molecule has 5 heteroatoms. The molecule has 0 unspecified atom stereocenters. The first kappa shape index (κ1) is 12.9. The molecule has 0 saturated carbocycles. The molecule has 0 spiro atoms. The third-order valence-electron chi connectivity index (χ3n) is 3.12. The largest absolute Gasteiger partial charge is 0.350 e. The molecule has 2 aromatic carbocycles. The Bertz CT molecular complexity index is 877. The molecule has 0 radical (unpaired) electrons. The van der Waals surface area contributed by atoms with Crippen molar-refractivity contribution < 1.29 is 9.18 Å². The lowest BCUT2D eigenvalue weighted by Gasteiger charge is -2.05. The Labute approximate surface area is 119 Å². The van der Waals surface area contributed by atoms with E-state index in [-0.39, 0.29) is 11.7 Å². The molecule has 1 heterocycles. The average Bonchev–Trinajstić information content (AvgIpc) is 2.91. The smallest absolute Gasteiger partial charge is 0.272 e. The van der Waals surface area contributed by atoms with Crippen LogP contribution in [0, 0.1) is 17.1 Å². The zero-order valence-corrected chi connectivity index (χ0v) is 10.9. The number of H-pyrrole nitrogens is 1. The van der Waals surface area contributed by atoms with Gasteiger partial charge in [0.25, 0.3) is 5.91 Å². The number of rotatable bonds is 2. The molecule has 102 valence electrons. The summed E-state index contributed by atoms with van der Waals surface area (Å²) >= 11 is 0. The molecule has 1 aromatic heterocycles. The molecule has 0 aliphatic heterocycles. The van der Waals surface area contributed by atoms with Crippen molar-refractivity contribution in [3.63, 3.8) is 0 Å². The third-order valence-corrected chi connectivity index (χ3v) is 3.12. The van der Waals surface area contributed by atoms with Gasteiger partial charge >= 0.3 is 0 Å². The van der Waals surface area contributed by atoms with Crippen LogP contribution in [0.2, 0.25) is 0 Å². The van der Waals surface area contributed by atoms with Crippen molar-refractivity contribution in [2.45, 2.75) is 0 Å². The Balaban J connectivity index is 1.92. The number of hydrogen-bond acceptors (Lipinski definition) is 2. The van der Waals surface area contributed by atoms with Crippen LogP contribution in [0.25, 0.3) is 10.9 Å². The molecule has 2 N–H and O–H groups in total. The van der Waals surface area contributed by atoms with Crippen molar-refractivity contribution in [3.05, 3.63) is 65.6 Å². The van der Waals surface area contributed by atoms with Crippen molar-refractivity contribution in [2.75, 3.05) is 5.32 Å². The fourth-order valence-corrected chi connectivity index (χ4v) is 2.10. The minimum absolute atomic E-state index is 0.309. The highest BCUT2D eigenvalue weighted by molar-refractivity contribution is 6.06. The Morgan fingerprint density at radius 1 is 1.19 bits per heavy atom. The van der Waals surface area contributed by atoms with Crippen LogP contribution in [0.1, 0.15) is 16.1 Å². The van der Waals surface area contributed by atoms with E-state index in [1.165, 1.54) is 12.1 Å². The number of aromatic amines is 1. The van der Waals surface area contributed by atoms with Crippen LogP contribution in [0.3, 0.4) is 0 Å². The minimum atomic E-state index is -0.380. The zero-order chi connectivity index (χ0) is 14.8. The number of amides is 1. The minimum Gasteiger partial charge on any atom is -0.350 e. The lowest BCUT2D eigenvalue weighted by Crippen LogP contribution is -2.13. The monoisotopic (exact) mass is 279 g/mol. The second kappa shape index (κ2) is 5.10. The third kappa shape index (κ3) is 2.47. The number of nitrogens with one attached hydrogen (secondary N) is 2. The molecule has 3 rings (SSSR count). The van der Waals surface area contributed by atoms with Gasteiger partial charge in [-0.15, -0.1) is 0 Å². The highest BCUT2D eigenvalue weighted by Gasteiger charge is 2.12. The van der Waals surface area contributed by atoms with Gasteiger partial charge in [-0.2, -0.15) is 5.26 Å². The fourth-order valence-electron chi connectivity index (χ4n) is 2.10. The summed E-state index contributed by atoms with van der Waals surface area (Å²) in [5.41, 5.74) is 1.68. The van der Waals surface area contributed by atoms with E-state index >= 15 is 0 Å². The summed E-state index contributed by atoms with van der Waals surface area (Å²) in [4.78, 5) is 15.1. The van der Waals surface area contributed by atoms with E-state index in [0.717, 1.165) is 5.39 Å². The molecule has 0 atom stereocenters. The van der Waals surface area contributed by atoms with Gasteiger partial charge in [0.1, 0.15) is 17.6 Å². The summed E-state index contributed by atoms with van der Waals surface area (Å²) in [5, 5.41) is 12.4. The Hall–Kier alpha value is -3.13. The first-order valence-corrected chi connectivity index (χ1v) is 6.26. The number of hydrogen-bond donors (Lipinski definition) is 2. The first-order chi connectivity index (χ1) is 10.2. The predicted molar refractivity (Wildman–Crippen MR) is 77.4 cm³/mol. The lowest BCUT2D eigenvalue weighted by atomic mass is 10.2. The molecule has 0 aliphatic carbocycles. The maximum Gasteiger partial charge on any atom is 0.272 e. The van der Waals surface area contributed by atoms with Crippen LogP contribution in [0.5, 0.6) is 0 Å². The van der Waals surface area contributed by atoms with Crippen molar-refractivity contribution in [3.8, 4) is 6.07 Å². The van der Waals surface area contributed by atoms with Gasteiger partial charge in [0.2, 0.25) is 0 Å². The van der Waals surface area contributed by atoms with Gasteiger partial charge in [-0.05, 0) is 36.4 Å². The maximum atomic E-state index is 13.1. The van der Waals surface area contributed by atoms with Gasteiger partial charge < -0.3 is 10.3 Å². The summed E-state index contributed by atoms with van der Waals surface area (Å²) in [7, 11) is 0. The van der Waals surface area contributed by atoms with Gasteiger partial charge in [0, 0.05) is 10.9 Å². The van der Waals surface area contributed by atoms with Crippen molar-refractivity contribution in [1.82, 2.24) is 4.98 Å². The molecular formula is C16H10FN3O. The molecule has 0 fully saturated rings. The fraction of sp³-hybridized carbons (Fsp3) is 0. The van der Waals surface area contributed by atoms with E-state index in [1.54, 1.807) is 36.4 Å². The van der Waals surface area contributed by atoms with Crippen LogP contribution in [0.4, 0.5) is 10.1 Å². The summed E-state index contributed by atoms with van der Waals surface area (Å²) in [6, 6.07) is 14.6. The average molecular weight is 279 g/mol. The summed E-state index contributed by atoms with van der Waals surface area (Å²) in [5.74, 6) is -0.750. The van der Waals surface area contributed by atoms with E-state index in [4.69, 9.17) is 5.26 Å². The quantitative estimate of drug-likeness (QED) is 0.754. The van der Waals surface area contributed by atoms with Crippen molar-refractivity contribution in [2.24, 2.45) is 0 Å². The molecule has 21 heavy (non-hydrogen) atoms. The van der Waals surface area contributed by atoms with Crippen LogP contribution in [0.15, 0.2) is 48.5 Å². The number of anilines is 1. The highest BCUT2D eigenvalue weighted by atomic mass is 19.1. The Morgan fingerprint density at radius 3 is 2.81 bits per heavy atom. The van der Waals surface area contributed by atoms with E-state index in [0.29, 0.717) is 22.5 Å². The van der Waals surface area contributed by atoms with Gasteiger partial charge in [-0.3, -0.25) is 4.79 Å². The zero-order valence-electron chi connectivity index (χ0n) is 10.9. The van der Waals surface area contributed by atoms with Crippen molar-refractivity contribution >= 4 is 22.5 Å². The number of nitrogens with zero attached hydrogens (tertiary/aromatic N) is 1. The number of aromatic nitrogens is 1. The van der Waals surface area contributed by atoms with E-state index in [1.807, 2.05) is 6.07 Å². The van der Waals surface area contributed by atoms with Gasteiger partial charge in [-0.1, -0.05) is 12.1 Å². The summed E-state index contributed by atoms with van der Waals surface area (Å²) in [6.07, 6.45) is 0. The normalized spacial score (nSPS) is 10.3. The van der Waals surface area contributed by atoms with Gasteiger partial charge in [-0.25, -0.2) is 4.39 Å². The van der Waals surface area contributed by atoms with Gasteiger partial charge in [0.05, 0.1) is 11.3 Å². The number of carbonyl (C=O) groups excluding carboxylic acids is 1. The molecule has 0 aliphatic rings. The highest BCUT2D eigenvalue weighted by Crippen LogP contribution is 2.19. The SMILES string of the molecule is N#Cc1ccccc1NC(=O)c1cc2ccc(F)cc2[nH]1. The maximum absolute atomic E-state index is 13.1. The standard InChI is InChI=1S/C16H10FN3O/c17-12-6-5-10-7-15(19-14(10)8-12)16(21)20-13-4-2-1-3-11(13)9-18/h1-8,19H,(H,20,21). The summed E-state index contributed by atoms with van der Waals surface area (Å²) < 4.78 is 13.1. The number of para-hydroxylation sites is 1. The van der Waals surface area contributed by atoms with E-state index in [2.05, 4.69) is 10.3 Å². The second-order valence-electron chi connectivity index (χ2n) is 4.53. The number of carbonyl (C=O) groups is 1. The number of halogens is 1. The van der Waals surface area contributed by atoms with E-state index < -0.39 is 0 Å². The Morgan fingerprint density at radius 2 is 2.00 bits per heavy atom. The van der Waals surface area contributed by atoms with Crippen molar-refractivity contribution in [1.29, 1.82) is 5.26 Å². The van der Waals surface area contributed by atoms with Crippen LogP contribution < -0.4 is 5.32 Å².